The van der Waals surface area contributed by atoms with Gasteiger partial charge in [-0.2, -0.15) is 0 Å². The Morgan fingerprint density at radius 1 is 0.838 bits per heavy atom. The highest BCUT2D eigenvalue weighted by Gasteiger charge is 2.44. The number of ether oxygens (including phenoxy) is 3. The third-order valence-electron chi connectivity index (χ3n) is 13.6. The average Bonchev–Trinajstić information content (AvgIpc) is 3.92. The summed E-state index contributed by atoms with van der Waals surface area (Å²) in [6, 6.07) is 2.80. The van der Waals surface area contributed by atoms with Crippen molar-refractivity contribution in [1.82, 2.24) is 30.2 Å². The van der Waals surface area contributed by atoms with Gasteiger partial charge in [0.05, 0.1) is 43.7 Å². The first-order valence-electron chi connectivity index (χ1n) is 24.0. The highest BCUT2D eigenvalue weighted by Crippen LogP contribution is 2.30. The molecule has 7 amide bonds. The van der Waals surface area contributed by atoms with Crippen LogP contribution in [-0.4, -0.2) is 163 Å². The predicted octanol–water partition coefficient (Wildman–Crippen LogP) is 3.84. The Morgan fingerprint density at radius 2 is 1.49 bits per heavy atom. The third kappa shape index (κ3) is 14.8. The fraction of sp³-hybridized carbons (Fsp3) is 0.680. The smallest absolute Gasteiger partial charge is 0.326 e. The van der Waals surface area contributed by atoms with Gasteiger partial charge in [-0.05, 0) is 55.1 Å². The lowest BCUT2D eigenvalue weighted by atomic mass is 9.89. The van der Waals surface area contributed by atoms with Gasteiger partial charge in [0.1, 0.15) is 23.9 Å². The summed E-state index contributed by atoms with van der Waals surface area (Å²) < 4.78 is 17.3. The zero-order valence-corrected chi connectivity index (χ0v) is 42.3. The van der Waals surface area contributed by atoms with Crippen molar-refractivity contribution in [3.63, 3.8) is 0 Å². The number of nitrogens with zero attached hydrogens (tertiary/aromatic N) is 4. The fourth-order valence-corrected chi connectivity index (χ4v) is 9.50. The van der Waals surface area contributed by atoms with Crippen LogP contribution < -0.4 is 15.4 Å². The number of hydrogen-bond donors (Lipinski definition) is 3. The fourth-order valence-electron chi connectivity index (χ4n) is 9.50. The second kappa shape index (κ2) is 27.0. The van der Waals surface area contributed by atoms with E-state index < -0.39 is 66.1 Å². The summed E-state index contributed by atoms with van der Waals surface area (Å²) in [4.78, 5) is 112. The minimum Gasteiger partial charge on any atom is -0.496 e. The van der Waals surface area contributed by atoms with Crippen LogP contribution >= 0.6 is 0 Å². The molecule has 18 nitrogen and oxygen atoms in total. The Kier molecular flexibility index (Phi) is 22.6. The molecule has 1 saturated heterocycles. The van der Waals surface area contributed by atoms with E-state index >= 15 is 0 Å². The number of unbranched alkanes of at least 4 members (excludes halogenated alkanes) is 2. The normalized spacial score (nSPS) is 18.4. The molecule has 2 heterocycles. The van der Waals surface area contributed by atoms with Crippen molar-refractivity contribution in [2.45, 2.75) is 149 Å². The second-order valence-electron chi connectivity index (χ2n) is 18.9. The number of carbonyl (C=O) groups excluding carboxylic acids is 7. The lowest BCUT2D eigenvalue weighted by Gasteiger charge is -2.41. The Bertz CT molecular complexity index is 1920. The van der Waals surface area contributed by atoms with Crippen molar-refractivity contribution in [3.8, 4) is 5.75 Å². The first-order valence-corrected chi connectivity index (χ1v) is 24.0. The number of para-hydroxylation sites is 1. The molecule has 2 aliphatic heterocycles. The molecule has 0 spiro atoms. The van der Waals surface area contributed by atoms with Crippen LogP contribution in [0.3, 0.4) is 0 Å². The van der Waals surface area contributed by atoms with Gasteiger partial charge in [0.25, 0.3) is 11.8 Å². The van der Waals surface area contributed by atoms with E-state index in [0.29, 0.717) is 56.4 Å². The summed E-state index contributed by atoms with van der Waals surface area (Å²) in [5, 5.41) is 15.7. The molecule has 3 rings (SSSR count). The van der Waals surface area contributed by atoms with E-state index in [1.807, 2.05) is 41.5 Å². The molecule has 1 aromatic rings. The van der Waals surface area contributed by atoms with Crippen molar-refractivity contribution >= 4 is 47.3 Å². The van der Waals surface area contributed by atoms with E-state index in [4.69, 9.17) is 14.2 Å². The van der Waals surface area contributed by atoms with Crippen molar-refractivity contribution in [2.75, 3.05) is 48.5 Å². The van der Waals surface area contributed by atoms with Crippen LogP contribution in [0.2, 0.25) is 0 Å². The van der Waals surface area contributed by atoms with Crippen LogP contribution in [0.25, 0.3) is 0 Å². The van der Waals surface area contributed by atoms with Crippen LogP contribution in [-0.2, 0) is 54.3 Å². The van der Waals surface area contributed by atoms with Gasteiger partial charge >= 0.3 is 5.97 Å². The lowest BCUT2D eigenvalue weighted by Crippen LogP contribution is -2.60. The van der Waals surface area contributed by atoms with Gasteiger partial charge in [0.15, 0.2) is 0 Å². The van der Waals surface area contributed by atoms with E-state index in [9.17, 15) is 43.5 Å². The van der Waals surface area contributed by atoms with E-state index in [0.717, 1.165) is 0 Å². The molecule has 68 heavy (non-hydrogen) atoms. The number of carboxylic acid groups (broad SMARTS) is 1. The van der Waals surface area contributed by atoms with E-state index in [-0.39, 0.29) is 73.1 Å². The minimum absolute atomic E-state index is 0.00529. The molecule has 2 aliphatic rings. The SMILES string of the molecule is CCC(C)C(C(CC(=O)N1CCC[C@H]1C(OC)C(C)C(=O)NC(Cc1ccccc1OC)C(=O)O)OC)N(C)C(=O)C(NC(=O)C(C(C)C)N(C)C(=O)CCCCCN1C(=O)C=CC1=O)C(C)C. The Hall–Kier alpha value is -5.36. The second-order valence-corrected chi connectivity index (χ2v) is 18.9. The summed E-state index contributed by atoms with van der Waals surface area (Å²) >= 11 is 0. The highest BCUT2D eigenvalue weighted by molar-refractivity contribution is 6.12. The summed E-state index contributed by atoms with van der Waals surface area (Å²) in [6.45, 7) is 13.6. The summed E-state index contributed by atoms with van der Waals surface area (Å²) in [6.07, 6.45) is 4.50. The Balaban J connectivity index is 1.72. The number of methoxy groups -OCH3 is 3. The van der Waals surface area contributed by atoms with Gasteiger partial charge in [-0.15, -0.1) is 0 Å². The number of benzene rings is 1. The van der Waals surface area contributed by atoms with Crippen LogP contribution in [0, 0.1) is 23.7 Å². The van der Waals surface area contributed by atoms with Gasteiger partial charge in [0.2, 0.25) is 29.5 Å². The van der Waals surface area contributed by atoms with Gasteiger partial charge in [-0.1, -0.05) is 79.5 Å². The van der Waals surface area contributed by atoms with Crippen molar-refractivity contribution in [1.29, 1.82) is 0 Å². The molecule has 1 fully saturated rings. The monoisotopic (exact) mass is 955 g/mol. The number of rotatable bonds is 28. The van der Waals surface area contributed by atoms with Crippen LogP contribution in [0.15, 0.2) is 36.4 Å². The average molecular weight is 955 g/mol. The quantitative estimate of drug-likeness (QED) is 0.0806. The van der Waals surface area contributed by atoms with Gasteiger partial charge in [-0.3, -0.25) is 38.5 Å². The topological polar surface area (TPSA) is 222 Å². The van der Waals surface area contributed by atoms with Crippen molar-refractivity contribution in [2.24, 2.45) is 23.7 Å². The molecule has 8 unspecified atom stereocenters. The van der Waals surface area contributed by atoms with Crippen LogP contribution in [0.5, 0.6) is 5.75 Å². The highest BCUT2D eigenvalue weighted by atomic mass is 16.5. The molecule has 0 aliphatic carbocycles. The minimum atomic E-state index is -1.24. The van der Waals surface area contributed by atoms with E-state index in [1.54, 1.807) is 55.1 Å². The molecule has 0 bridgehead atoms. The molecule has 0 saturated carbocycles. The van der Waals surface area contributed by atoms with Crippen molar-refractivity contribution < 1.29 is 57.7 Å². The third-order valence-corrected chi connectivity index (χ3v) is 13.6. The molecule has 18 heteroatoms. The van der Waals surface area contributed by atoms with Gasteiger partial charge < -0.3 is 44.7 Å². The number of nitrogens with one attached hydrogen (secondary N) is 2. The number of carbonyl (C=O) groups is 8. The van der Waals surface area contributed by atoms with Crippen molar-refractivity contribution in [3.05, 3.63) is 42.0 Å². The standard InChI is InChI=1S/C50H78N6O12/c1-13-32(6)45(54(9)49(63)43(30(2)3)52-48(62)44(31(4)5)53(8)39(57)23-15-14-18-26-56-40(58)24-25-41(56)59)38(67-11)29-42(60)55-27-19-21-36(55)46(68-12)33(7)47(61)51-35(50(64)65)28-34-20-16-17-22-37(34)66-10/h16-17,20,22,24-25,30-33,35-36,38,43-46H,13-15,18-19,21,23,26-29H2,1-12H3,(H,51,61)(H,52,62)(H,64,65)/t32?,33?,35?,36-,38?,43?,44?,45?,46?/m0/s1. The summed E-state index contributed by atoms with van der Waals surface area (Å²) in [7, 11) is 7.68. The number of imide groups is 1. The van der Waals surface area contributed by atoms with E-state index in [2.05, 4.69) is 10.6 Å². The number of aliphatic carboxylic acids is 1. The van der Waals surface area contributed by atoms with Crippen LogP contribution in [0.1, 0.15) is 105 Å². The molecule has 0 radical (unpaired) electrons. The molecular weight excluding hydrogens is 877 g/mol. The molecule has 0 aromatic heterocycles. The van der Waals surface area contributed by atoms with Gasteiger partial charge in [-0.25, -0.2) is 4.79 Å². The number of amides is 7. The summed E-state index contributed by atoms with van der Waals surface area (Å²) in [5.41, 5.74) is 0.621. The molecular formula is C50H78N6O12. The Labute approximate surface area is 402 Å². The number of likely N-dealkylation sites (N-methyl/N-ethyl adjacent to an activating group) is 2. The number of carboxylic acids is 1. The largest absolute Gasteiger partial charge is 0.496 e. The number of likely N-dealkylation sites (tertiary alicyclic amines) is 1. The predicted molar refractivity (Wildman–Crippen MR) is 255 cm³/mol. The Morgan fingerprint density at radius 3 is 2.04 bits per heavy atom. The zero-order valence-electron chi connectivity index (χ0n) is 42.3. The summed E-state index contributed by atoms with van der Waals surface area (Å²) in [5.74, 6) is -4.90. The maximum absolute atomic E-state index is 14.6. The lowest BCUT2D eigenvalue weighted by molar-refractivity contribution is -0.149. The maximum atomic E-state index is 14.6. The van der Waals surface area contributed by atoms with Gasteiger partial charge in [0, 0.05) is 66.4 Å². The maximum Gasteiger partial charge on any atom is 0.326 e. The first-order chi connectivity index (χ1) is 32.1. The zero-order chi connectivity index (χ0) is 51.0. The molecule has 9 atom stereocenters. The molecule has 1 aromatic carbocycles. The van der Waals surface area contributed by atoms with E-state index in [1.165, 1.54) is 43.3 Å². The first kappa shape index (κ1) is 57.0. The number of hydrogen-bond acceptors (Lipinski definition) is 11. The molecule has 380 valence electrons. The molecule has 3 N–H and O–H groups in total. The van der Waals surface area contributed by atoms with Crippen LogP contribution in [0.4, 0.5) is 0 Å².